The number of sulfonamides is 1. The zero-order valence-electron chi connectivity index (χ0n) is 15.9. The fourth-order valence-electron chi connectivity index (χ4n) is 3.49. The Morgan fingerprint density at radius 2 is 2.03 bits per heavy atom. The number of rotatable bonds is 4. The van der Waals surface area contributed by atoms with E-state index in [9.17, 15) is 27.2 Å². The van der Waals surface area contributed by atoms with Gasteiger partial charge in [-0.2, -0.15) is 4.31 Å². The molecule has 2 aliphatic rings. The minimum Gasteiger partial charge on any atom is -0.354 e. The Morgan fingerprint density at radius 1 is 1.28 bits per heavy atom. The molecular formula is C18H23FN4O5S. The van der Waals surface area contributed by atoms with Gasteiger partial charge in [0.1, 0.15) is 17.9 Å². The third-order valence-corrected chi connectivity index (χ3v) is 6.32. The van der Waals surface area contributed by atoms with E-state index in [2.05, 4.69) is 10.6 Å². The highest BCUT2D eigenvalue weighted by Gasteiger charge is 2.39. The van der Waals surface area contributed by atoms with Crippen LogP contribution < -0.4 is 10.6 Å². The quantitative estimate of drug-likeness (QED) is 0.661. The largest absolute Gasteiger partial charge is 0.354 e. The van der Waals surface area contributed by atoms with Crippen molar-refractivity contribution >= 4 is 27.7 Å². The third kappa shape index (κ3) is 4.91. The van der Waals surface area contributed by atoms with Crippen molar-refractivity contribution in [2.45, 2.75) is 24.9 Å². The molecule has 0 spiro atoms. The SMILES string of the molecule is CS(=O)(=O)N1CCN(C(=O)c2cccc(F)c2)C(C(=O)NC2CCCNC2=O)C1. The average Bonchev–Trinajstić information content (AvgIpc) is 2.68. The molecule has 0 radical (unpaired) electrons. The molecule has 9 nitrogen and oxygen atoms in total. The van der Waals surface area contributed by atoms with Crippen LogP contribution in [0.3, 0.4) is 0 Å². The molecule has 158 valence electrons. The first-order chi connectivity index (χ1) is 13.7. The summed E-state index contributed by atoms with van der Waals surface area (Å²) in [5.74, 6) is -2.11. The summed E-state index contributed by atoms with van der Waals surface area (Å²) in [6, 6.07) is 3.20. The molecule has 11 heteroatoms. The fourth-order valence-corrected chi connectivity index (χ4v) is 4.32. The minimum absolute atomic E-state index is 0.0214. The maximum Gasteiger partial charge on any atom is 0.254 e. The van der Waals surface area contributed by atoms with Gasteiger partial charge in [-0.1, -0.05) is 6.07 Å². The Kier molecular flexibility index (Phi) is 6.18. The van der Waals surface area contributed by atoms with E-state index in [1.807, 2.05) is 0 Å². The number of amides is 3. The molecule has 2 fully saturated rings. The van der Waals surface area contributed by atoms with E-state index >= 15 is 0 Å². The second kappa shape index (κ2) is 8.46. The van der Waals surface area contributed by atoms with Crippen molar-refractivity contribution in [2.24, 2.45) is 0 Å². The molecule has 1 aromatic rings. The lowest BCUT2D eigenvalue weighted by Crippen LogP contribution is -2.63. The zero-order valence-corrected chi connectivity index (χ0v) is 16.7. The van der Waals surface area contributed by atoms with E-state index in [-0.39, 0.29) is 31.1 Å². The van der Waals surface area contributed by atoms with Crippen LogP contribution in [0.4, 0.5) is 4.39 Å². The first-order valence-electron chi connectivity index (χ1n) is 9.26. The molecule has 2 N–H and O–H groups in total. The summed E-state index contributed by atoms with van der Waals surface area (Å²) in [4.78, 5) is 39.0. The van der Waals surface area contributed by atoms with Crippen molar-refractivity contribution < 1.29 is 27.2 Å². The van der Waals surface area contributed by atoms with E-state index in [1.54, 1.807) is 0 Å². The molecule has 2 aliphatic heterocycles. The van der Waals surface area contributed by atoms with Gasteiger partial charge in [-0.05, 0) is 31.0 Å². The van der Waals surface area contributed by atoms with E-state index in [0.29, 0.717) is 19.4 Å². The fraction of sp³-hybridized carbons (Fsp3) is 0.500. The number of benzene rings is 1. The van der Waals surface area contributed by atoms with Gasteiger partial charge in [0.25, 0.3) is 5.91 Å². The number of hydrogen-bond acceptors (Lipinski definition) is 5. The van der Waals surface area contributed by atoms with Gasteiger partial charge in [-0.25, -0.2) is 12.8 Å². The predicted molar refractivity (Wildman–Crippen MR) is 102 cm³/mol. The van der Waals surface area contributed by atoms with Crippen LogP contribution in [-0.2, 0) is 19.6 Å². The van der Waals surface area contributed by atoms with Gasteiger partial charge >= 0.3 is 0 Å². The average molecular weight is 426 g/mol. The number of nitrogens with zero attached hydrogens (tertiary/aromatic N) is 2. The Labute approximate surface area is 168 Å². The topological polar surface area (TPSA) is 116 Å². The number of hydrogen-bond donors (Lipinski definition) is 2. The minimum atomic E-state index is -3.58. The number of piperidine rings is 1. The van der Waals surface area contributed by atoms with Gasteiger partial charge in [0.15, 0.2) is 0 Å². The number of piperazine rings is 1. The Balaban J connectivity index is 1.84. The highest BCUT2D eigenvalue weighted by atomic mass is 32.2. The molecule has 3 rings (SSSR count). The standard InChI is InChI=1S/C18H23FN4O5S/c1-29(27,28)22-8-9-23(18(26)12-4-2-5-13(19)10-12)15(11-22)17(25)21-14-6-3-7-20-16(14)24/h2,4-5,10,14-15H,3,6-9,11H2,1H3,(H,20,24)(H,21,25). The lowest BCUT2D eigenvalue weighted by molar-refractivity contribution is -0.133. The van der Waals surface area contributed by atoms with Crippen LogP contribution >= 0.6 is 0 Å². The van der Waals surface area contributed by atoms with E-state index in [4.69, 9.17) is 0 Å². The van der Waals surface area contributed by atoms with Gasteiger partial charge in [0.2, 0.25) is 21.8 Å². The summed E-state index contributed by atoms with van der Waals surface area (Å²) >= 11 is 0. The second-order valence-corrected chi connectivity index (χ2v) is 9.12. The summed E-state index contributed by atoms with van der Waals surface area (Å²) < 4.78 is 38.6. The van der Waals surface area contributed by atoms with Crippen LogP contribution in [0.5, 0.6) is 0 Å². The first kappa shape index (κ1) is 21.2. The third-order valence-electron chi connectivity index (χ3n) is 5.05. The highest BCUT2D eigenvalue weighted by Crippen LogP contribution is 2.18. The lowest BCUT2D eigenvalue weighted by atomic mass is 10.0. The van der Waals surface area contributed by atoms with Gasteiger partial charge in [0, 0.05) is 31.7 Å². The summed E-state index contributed by atoms with van der Waals surface area (Å²) in [6.45, 7) is 0.283. The smallest absolute Gasteiger partial charge is 0.254 e. The van der Waals surface area contributed by atoms with Gasteiger partial charge < -0.3 is 15.5 Å². The lowest BCUT2D eigenvalue weighted by Gasteiger charge is -2.40. The molecule has 0 aromatic heterocycles. The van der Waals surface area contributed by atoms with Crippen LogP contribution in [0.15, 0.2) is 24.3 Å². The summed E-state index contributed by atoms with van der Waals surface area (Å²) in [6.07, 6.45) is 2.18. The van der Waals surface area contributed by atoms with Crippen molar-refractivity contribution in [1.29, 1.82) is 0 Å². The van der Waals surface area contributed by atoms with Crippen molar-refractivity contribution in [3.05, 3.63) is 35.6 Å². The Bertz CT molecular complexity index is 923. The van der Waals surface area contributed by atoms with Crippen LogP contribution in [-0.4, -0.2) is 79.9 Å². The number of carbonyl (C=O) groups excluding carboxylic acids is 3. The van der Waals surface area contributed by atoms with E-state index in [1.165, 1.54) is 23.1 Å². The van der Waals surface area contributed by atoms with Crippen LogP contribution in [0.25, 0.3) is 0 Å². The van der Waals surface area contributed by atoms with Crippen molar-refractivity contribution in [1.82, 2.24) is 19.8 Å². The highest BCUT2D eigenvalue weighted by molar-refractivity contribution is 7.88. The monoisotopic (exact) mass is 426 g/mol. The van der Waals surface area contributed by atoms with Crippen molar-refractivity contribution in [2.75, 3.05) is 32.4 Å². The van der Waals surface area contributed by atoms with Crippen LogP contribution in [0.1, 0.15) is 23.2 Å². The number of halogens is 1. The van der Waals surface area contributed by atoms with Gasteiger partial charge in [-0.15, -0.1) is 0 Å². The van der Waals surface area contributed by atoms with E-state index < -0.39 is 39.7 Å². The van der Waals surface area contributed by atoms with Crippen molar-refractivity contribution in [3.63, 3.8) is 0 Å². The van der Waals surface area contributed by atoms with E-state index in [0.717, 1.165) is 16.6 Å². The van der Waals surface area contributed by atoms with Crippen molar-refractivity contribution in [3.8, 4) is 0 Å². The molecule has 0 saturated carbocycles. The second-order valence-electron chi connectivity index (χ2n) is 7.14. The molecule has 2 unspecified atom stereocenters. The Morgan fingerprint density at radius 3 is 2.69 bits per heavy atom. The van der Waals surface area contributed by atoms with Crippen LogP contribution in [0.2, 0.25) is 0 Å². The van der Waals surface area contributed by atoms with Gasteiger partial charge in [0.05, 0.1) is 6.26 Å². The summed E-state index contributed by atoms with van der Waals surface area (Å²) in [5.41, 5.74) is 0.0611. The molecule has 3 amide bonds. The number of nitrogens with one attached hydrogen (secondary N) is 2. The van der Waals surface area contributed by atoms with Crippen LogP contribution in [0, 0.1) is 5.82 Å². The molecule has 2 atom stereocenters. The molecule has 2 heterocycles. The maximum absolute atomic E-state index is 13.5. The Hall–Kier alpha value is -2.53. The molecule has 0 aliphatic carbocycles. The zero-order chi connectivity index (χ0) is 21.2. The molecule has 2 saturated heterocycles. The molecular weight excluding hydrogens is 403 g/mol. The summed E-state index contributed by atoms with van der Waals surface area (Å²) in [5, 5.41) is 5.27. The van der Waals surface area contributed by atoms with Gasteiger partial charge in [-0.3, -0.25) is 14.4 Å². The molecule has 29 heavy (non-hydrogen) atoms. The predicted octanol–water partition coefficient (Wildman–Crippen LogP) is -0.693. The summed E-state index contributed by atoms with van der Waals surface area (Å²) in [7, 11) is -3.58. The first-order valence-corrected chi connectivity index (χ1v) is 11.1. The molecule has 1 aromatic carbocycles. The molecule has 0 bridgehead atoms. The number of carbonyl (C=O) groups is 3. The normalized spacial score (nSPS) is 23.4. The maximum atomic E-state index is 13.5.